The van der Waals surface area contributed by atoms with E-state index in [0.717, 1.165) is 6.42 Å². The Morgan fingerprint density at radius 3 is 2.89 bits per heavy atom. The topological polar surface area (TPSA) is 39.2 Å². The zero-order valence-electron chi connectivity index (χ0n) is 10.5. The second kappa shape index (κ2) is 8.37. The summed E-state index contributed by atoms with van der Waals surface area (Å²) in [6.07, 6.45) is 6.36. The van der Waals surface area contributed by atoms with Crippen molar-refractivity contribution in [1.82, 2.24) is 4.98 Å². The van der Waals surface area contributed by atoms with Crippen LogP contribution in [0.1, 0.15) is 23.3 Å². The molecule has 1 atom stereocenters. The van der Waals surface area contributed by atoms with E-state index in [9.17, 15) is 4.79 Å². The Kier molecular flexibility index (Phi) is 6.66. The number of hydrogen-bond donors (Lipinski definition) is 0. The molecule has 0 aromatic carbocycles. The number of ketones is 1. The van der Waals surface area contributed by atoms with E-state index in [4.69, 9.17) is 4.74 Å². The number of carbonyl (C=O) groups is 1. The minimum atomic E-state index is 0.0613. The van der Waals surface area contributed by atoms with Gasteiger partial charge in [-0.05, 0) is 18.6 Å². The van der Waals surface area contributed by atoms with Gasteiger partial charge in [-0.1, -0.05) is 18.2 Å². The molecule has 0 fully saturated rings. The average Bonchev–Trinajstić information content (AvgIpc) is 2.43. The van der Waals surface area contributed by atoms with E-state index >= 15 is 0 Å². The van der Waals surface area contributed by atoms with Crippen molar-refractivity contribution in [1.29, 1.82) is 0 Å². The molecule has 0 spiro atoms. The standard InChI is InChI=1S/C15H19NO2/c1-3-11-18-12-13(4-2)8-9-15(17)14-7-5-6-10-16-14/h3-7,10,13H,1-2,8-9,11-12H2. The van der Waals surface area contributed by atoms with Gasteiger partial charge in [0, 0.05) is 18.5 Å². The Labute approximate surface area is 108 Å². The molecule has 0 saturated carbocycles. The molecule has 0 aliphatic heterocycles. The van der Waals surface area contributed by atoms with Crippen LogP contribution in [-0.4, -0.2) is 24.0 Å². The van der Waals surface area contributed by atoms with Crippen molar-refractivity contribution in [3.63, 3.8) is 0 Å². The lowest BCUT2D eigenvalue weighted by Crippen LogP contribution is -2.10. The number of carbonyl (C=O) groups excluding carboxylic acids is 1. The van der Waals surface area contributed by atoms with Crippen LogP contribution >= 0.6 is 0 Å². The summed E-state index contributed by atoms with van der Waals surface area (Å²) in [7, 11) is 0. The van der Waals surface area contributed by atoms with Crippen LogP contribution in [0, 0.1) is 5.92 Å². The molecule has 1 heterocycles. The first-order valence-electron chi connectivity index (χ1n) is 6.03. The summed E-state index contributed by atoms with van der Waals surface area (Å²) >= 11 is 0. The third-order valence-electron chi connectivity index (χ3n) is 2.59. The van der Waals surface area contributed by atoms with Gasteiger partial charge in [0.2, 0.25) is 0 Å². The molecule has 18 heavy (non-hydrogen) atoms. The predicted molar refractivity (Wildman–Crippen MR) is 72.5 cm³/mol. The summed E-state index contributed by atoms with van der Waals surface area (Å²) < 4.78 is 5.36. The van der Waals surface area contributed by atoms with Gasteiger partial charge in [-0.2, -0.15) is 0 Å². The minimum Gasteiger partial charge on any atom is -0.377 e. The molecule has 1 unspecified atom stereocenters. The number of nitrogens with zero attached hydrogens (tertiary/aromatic N) is 1. The quantitative estimate of drug-likeness (QED) is 0.381. The maximum absolute atomic E-state index is 11.8. The largest absolute Gasteiger partial charge is 0.377 e. The van der Waals surface area contributed by atoms with Gasteiger partial charge in [-0.25, -0.2) is 0 Å². The molecular formula is C15H19NO2. The van der Waals surface area contributed by atoms with Crippen molar-refractivity contribution >= 4 is 5.78 Å². The summed E-state index contributed by atoms with van der Waals surface area (Å²) in [6, 6.07) is 5.35. The SMILES string of the molecule is C=CCOCC(C=C)CCC(=O)c1ccccn1. The predicted octanol–water partition coefficient (Wildman–Crippen LogP) is 3.05. The van der Waals surface area contributed by atoms with E-state index in [1.54, 1.807) is 24.4 Å². The van der Waals surface area contributed by atoms with E-state index in [1.807, 2.05) is 12.1 Å². The summed E-state index contributed by atoms with van der Waals surface area (Å²) in [6.45, 7) is 8.44. The van der Waals surface area contributed by atoms with Gasteiger partial charge in [0.25, 0.3) is 0 Å². The highest BCUT2D eigenvalue weighted by atomic mass is 16.5. The van der Waals surface area contributed by atoms with Crippen LogP contribution in [0.2, 0.25) is 0 Å². The van der Waals surface area contributed by atoms with Crippen LogP contribution in [0.25, 0.3) is 0 Å². The first-order valence-corrected chi connectivity index (χ1v) is 6.03. The first kappa shape index (κ1) is 14.3. The van der Waals surface area contributed by atoms with E-state index < -0.39 is 0 Å². The van der Waals surface area contributed by atoms with Crippen LogP contribution in [0.4, 0.5) is 0 Å². The fourth-order valence-corrected chi connectivity index (χ4v) is 1.54. The third kappa shape index (κ3) is 5.06. The lowest BCUT2D eigenvalue weighted by Gasteiger charge is -2.11. The Balaban J connectivity index is 2.36. The summed E-state index contributed by atoms with van der Waals surface area (Å²) in [5.74, 6) is 0.254. The molecule has 0 saturated heterocycles. The molecule has 0 radical (unpaired) electrons. The van der Waals surface area contributed by atoms with Crippen molar-refractivity contribution in [2.45, 2.75) is 12.8 Å². The van der Waals surface area contributed by atoms with Crippen molar-refractivity contribution < 1.29 is 9.53 Å². The van der Waals surface area contributed by atoms with Crippen molar-refractivity contribution in [3.05, 3.63) is 55.4 Å². The van der Waals surface area contributed by atoms with Gasteiger partial charge >= 0.3 is 0 Å². The summed E-state index contributed by atoms with van der Waals surface area (Å²) in [5.41, 5.74) is 0.521. The van der Waals surface area contributed by atoms with Gasteiger partial charge in [0.05, 0.1) is 13.2 Å². The smallest absolute Gasteiger partial charge is 0.181 e. The van der Waals surface area contributed by atoms with Crippen LogP contribution in [-0.2, 0) is 4.74 Å². The Bertz CT molecular complexity index is 387. The lowest BCUT2D eigenvalue weighted by atomic mass is 10.0. The number of hydrogen-bond acceptors (Lipinski definition) is 3. The van der Waals surface area contributed by atoms with Crippen molar-refractivity contribution in [2.24, 2.45) is 5.92 Å². The number of pyridine rings is 1. The number of aromatic nitrogens is 1. The van der Waals surface area contributed by atoms with E-state index in [2.05, 4.69) is 18.1 Å². The lowest BCUT2D eigenvalue weighted by molar-refractivity contribution is 0.0953. The molecule has 1 aromatic heterocycles. The monoisotopic (exact) mass is 245 g/mol. The Morgan fingerprint density at radius 1 is 1.44 bits per heavy atom. The maximum atomic E-state index is 11.8. The molecule has 0 amide bonds. The van der Waals surface area contributed by atoms with Crippen LogP contribution < -0.4 is 0 Å². The fraction of sp³-hybridized carbons (Fsp3) is 0.333. The normalized spacial score (nSPS) is 11.8. The van der Waals surface area contributed by atoms with E-state index in [1.165, 1.54) is 0 Å². The van der Waals surface area contributed by atoms with E-state index in [-0.39, 0.29) is 11.7 Å². The highest BCUT2D eigenvalue weighted by molar-refractivity contribution is 5.94. The van der Waals surface area contributed by atoms with Crippen molar-refractivity contribution in [2.75, 3.05) is 13.2 Å². The Hall–Kier alpha value is -1.74. The van der Waals surface area contributed by atoms with Gasteiger partial charge in [-0.15, -0.1) is 13.2 Å². The molecule has 1 rings (SSSR count). The molecule has 3 heteroatoms. The highest BCUT2D eigenvalue weighted by Gasteiger charge is 2.10. The highest BCUT2D eigenvalue weighted by Crippen LogP contribution is 2.11. The molecule has 0 N–H and O–H groups in total. The molecular weight excluding hydrogens is 226 g/mol. The number of rotatable bonds is 9. The second-order valence-electron chi connectivity index (χ2n) is 4.00. The molecule has 96 valence electrons. The van der Waals surface area contributed by atoms with E-state index in [0.29, 0.717) is 25.3 Å². The molecule has 1 aromatic rings. The molecule has 0 aliphatic rings. The third-order valence-corrected chi connectivity index (χ3v) is 2.59. The van der Waals surface area contributed by atoms with Crippen LogP contribution in [0.5, 0.6) is 0 Å². The molecule has 3 nitrogen and oxygen atoms in total. The summed E-state index contributed by atoms with van der Waals surface area (Å²) in [5, 5.41) is 0. The number of Topliss-reactive ketones (excluding diaryl/α,β-unsaturated/α-hetero) is 1. The minimum absolute atomic E-state index is 0.0613. The Morgan fingerprint density at radius 2 is 2.28 bits per heavy atom. The van der Waals surface area contributed by atoms with Crippen molar-refractivity contribution in [3.8, 4) is 0 Å². The molecule has 0 bridgehead atoms. The van der Waals surface area contributed by atoms with Gasteiger partial charge < -0.3 is 4.74 Å². The van der Waals surface area contributed by atoms with Gasteiger partial charge in [0.1, 0.15) is 5.69 Å². The van der Waals surface area contributed by atoms with Gasteiger partial charge in [-0.3, -0.25) is 9.78 Å². The summed E-state index contributed by atoms with van der Waals surface area (Å²) in [4.78, 5) is 15.9. The van der Waals surface area contributed by atoms with Gasteiger partial charge in [0.15, 0.2) is 5.78 Å². The fourth-order valence-electron chi connectivity index (χ4n) is 1.54. The average molecular weight is 245 g/mol. The first-order chi connectivity index (χ1) is 8.77. The zero-order valence-corrected chi connectivity index (χ0v) is 10.5. The van der Waals surface area contributed by atoms with Crippen LogP contribution in [0.15, 0.2) is 49.7 Å². The molecule has 0 aliphatic carbocycles. The number of ether oxygens (including phenoxy) is 1. The zero-order chi connectivity index (χ0) is 13.2. The maximum Gasteiger partial charge on any atom is 0.181 e. The van der Waals surface area contributed by atoms with Crippen LogP contribution in [0.3, 0.4) is 0 Å². The second-order valence-corrected chi connectivity index (χ2v) is 4.00.